The lowest BCUT2D eigenvalue weighted by Crippen LogP contribution is -2.43. The minimum Gasteiger partial charge on any atom is -0.335 e. The van der Waals surface area contributed by atoms with Gasteiger partial charge in [-0.1, -0.05) is 30.3 Å². The van der Waals surface area contributed by atoms with Gasteiger partial charge in [0, 0.05) is 49.1 Å². The molecule has 1 fully saturated rings. The van der Waals surface area contributed by atoms with Crippen molar-refractivity contribution in [3.05, 3.63) is 83.4 Å². The highest BCUT2D eigenvalue weighted by atomic mass is 16.2. The summed E-state index contributed by atoms with van der Waals surface area (Å²) >= 11 is 0. The molecule has 0 unspecified atom stereocenters. The van der Waals surface area contributed by atoms with Crippen molar-refractivity contribution < 1.29 is 9.59 Å². The van der Waals surface area contributed by atoms with Crippen molar-refractivity contribution in [2.45, 2.75) is 25.2 Å². The second kappa shape index (κ2) is 8.17. The highest BCUT2D eigenvalue weighted by molar-refractivity contribution is 6.42. The topological polar surface area (TPSA) is 79.0 Å². The lowest BCUT2D eigenvalue weighted by atomic mass is 9.90. The van der Waals surface area contributed by atoms with E-state index in [2.05, 4.69) is 27.3 Å². The van der Waals surface area contributed by atoms with E-state index in [0.717, 1.165) is 30.5 Å². The number of benzene rings is 1. The molecule has 0 bridgehead atoms. The fourth-order valence-electron chi connectivity index (χ4n) is 3.79. The number of amides is 1. The van der Waals surface area contributed by atoms with Crippen molar-refractivity contribution >= 4 is 11.7 Å². The highest BCUT2D eigenvalue weighted by Crippen LogP contribution is 2.29. The second-order valence-corrected chi connectivity index (χ2v) is 7.13. The van der Waals surface area contributed by atoms with Crippen LogP contribution in [0.15, 0.2) is 61.1 Å². The van der Waals surface area contributed by atoms with Crippen LogP contribution in [0.25, 0.3) is 0 Å². The first-order valence-corrected chi connectivity index (χ1v) is 9.52. The Morgan fingerprint density at radius 2 is 1.96 bits per heavy atom. The molecule has 1 atom stereocenters. The Labute approximate surface area is 163 Å². The molecule has 6 nitrogen and oxygen atoms in total. The molecule has 0 spiro atoms. The summed E-state index contributed by atoms with van der Waals surface area (Å²) in [6, 6.07) is 13.5. The summed E-state index contributed by atoms with van der Waals surface area (Å²) < 4.78 is 0. The number of piperidine rings is 1. The Bertz CT molecular complexity index is 953. The van der Waals surface area contributed by atoms with Crippen LogP contribution in [-0.2, 0) is 11.2 Å². The summed E-state index contributed by atoms with van der Waals surface area (Å²) in [6.45, 7) is 1.12. The normalized spacial score (nSPS) is 16.7. The molecule has 1 saturated heterocycles. The van der Waals surface area contributed by atoms with Crippen LogP contribution in [-0.4, -0.2) is 44.9 Å². The number of aromatic amines is 1. The maximum absolute atomic E-state index is 12.7. The molecule has 0 saturated carbocycles. The minimum absolute atomic E-state index is 0.153. The van der Waals surface area contributed by atoms with Crippen LogP contribution < -0.4 is 0 Å². The zero-order valence-electron chi connectivity index (χ0n) is 15.5. The summed E-state index contributed by atoms with van der Waals surface area (Å²) in [5.41, 5.74) is 3.76. The zero-order valence-corrected chi connectivity index (χ0v) is 15.5. The fraction of sp³-hybridized carbons (Fsp3) is 0.273. The Kier molecular flexibility index (Phi) is 5.28. The van der Waals surface area contributed by atoms with Crippen LogP contribution in [0.5, 0.6) is 0 Å². The number of carbonyl (C=O) groups excluding carboxylic acids is 2. The van der Waals surface area contributed by atoms with Crippen LogP contribution in [0.1, 0.15) is 45.9 Å². The van der Waals surface area contributed by atoms with Crippen LogP contribution in [0.2, 0.25) is 0 Å². The molecule has 3 heterocycles. The Morgan fingerprint density at radius 1 is 1.11 bits per heavy atom. The molecular weight excluding hydrogens is 352 g/mol. The van der Waals surface area contributed by atoms with Crippen molar-refractivity contribution in [3.8, 4) is 0 Å². The summed E-state index contributed by atoms with van der Waals surface area (Å²) in [7, 11) is 0. The number of ketones is 1. The number of H-pyrrole nitrogens is 1. The third kappa shape index (κ3) is 3.86. The number of Topliss-reactive ketones (excluding diaryl/α,β-unsaturated/α-hetero) is 1. The van der Waals surface area contributed by atoms with Crippen molar-refractivity contribution in [2.75, 3.05) is 13.1 Å². The minimum atomic E-state index is -0.497. The molecule has 1 aliphatic rings. The van der Waals surface area contributed by atoms with E-state index in [9.17, 15) is 9.59 Å². The van der Waals surface area contributed by atoms with Crippen LogP contribution in [0.4, 0.5) is 0 Å². The van der Waals surface area contributed by atoms with E-state index < -0.39 is 11.7 Å². The molecule has 3 aromatic rings. The first-order chi connectivity index (χ1) is 13.7. The predicted molar refractivity (Wildman–Crippen MR) is 105 cm³/mol. The van der Waals surface area contributed by atoms with E-state index in [1.165, 1.54) is 11.8 Å². The molecule has 28 heavy (non-hydrogen) atoms. The van der Waals surface area contributed by atoms with Gasteiger partial charge in [-0.25, -0.2) is 0 Å². The van der Waals surface area contributed by atoms with Gasteiger partial charge in [0.25, 0.3) is 11.7 Å². The number of likely N-dealkylation sites (tertiary alicyclic amines) is 1. The van der Waals surface area contributed by atoms with E-state index in [4.69, 9.17) is 0 Å². The number of nitrogens with one attached hydrogen (secondary N) is 1. The molecule has 1 aliphatic heterocycles. The number of carbonyl (C=O) groups is 2. The number of nitrogens with zero attached hydrogens (tertiary/aromatic N) is 3. The van der Waals surface area contributed by atoms with E-state index in [1.54, 1.807) is 23.2 Å². The predicted octanol–water partition coefficient (Wildman–Crippen LogP) is 2.98. The second-order valence-electron chi connectivity index (χ2n) is 7.13. The number of aromatic nitrogens is 3. The Hall–Kier alpha value is -3.28. The van der Waals surface area contributed by atoms with Crippen molar-refractivity contribution in [1.29, 1.82) is 0 Å². The lowest BCUT2D eigenvalue weighted by Gasteiger charge is -2.32. The van der Waals surface area contributed by atoms with Crippen LogP contribution in [0, 0.1) is 0 Å². The number of hydrogen-bond acceptors (Lipinski definition) is 4. The monoisotopic (exact) mass is 374 g/mol. The smallest absolute Gasteiger partial charge is 0.295 e. The van der Waals surface area contributed by atoms with Gasteiger partial charge < -0.3 is 4.90 Å². The van der Waals surface area contributed by atoms with Gasteiger partial charge in [0.1, 0.15) is 0 Å². The molecule has 4 rings (SSSR count). The molecule has 0 radical (unpaired) electrons. The molecule has 1 N–H and O–H groups in total. The molecule has 0 aliphatic carbocycles. The van der Waals surface area contributed by atoms with Crippen molar-refractivity contribution in [2.24, 2.45) is 0 Å². The molecule has 2 aromatic heterocycles. The van der Waals surface area contributed by atoms with Gasteiger partial charge in [-0.3, -0.25) is 19.7 Å². The van der Waals surface area contributed by atoms with E-state index in [0.29, 0.717) is 18.7 Å². The lowest BCUT2D eigenvalue weighted by molar-refractivity contribution is -0.127. The summed E-state index contributed by atoms with van der Waals surface area (Å²) in [4.78, 5) is 30.8. The fourth-order valence-corrected chi connectivity index (χ4v) is 3.79. The quantitative estimate of drug-likeness (QED) is 0.550. The van der Waals surface area contributed by atoms with Gasteiger partial charge in [0.05, 0.1) is 6.20 Å². The summed E-state index contributed by atoms with van der Waals surface area (Å²) in [6.07, 6.45) is 7.52. The Morgan fingerprint density at radius 3 is 2.75 bits per heavy atom. The van der Waals surface area contributed by atoms with Crippen molar-refractivity contribution in [1.82, 2.24) is 20.1 Å². The third-order valence-corrected chi connectivity index (χ3v) is 5.22. The van der Waals surface area contributed by atoms with Gasteiger partial charge in [-0.2, -0.15) is 5.10 Å². The van der Waals surface area contributed by atoms with Crippen molar-refractivity contribution in [3.63, 3.8) is 0 Å². The third-order valence-electron chi connectivity index (χ3n) is 5.22. The maximum atomic E-state index is 12.7. The van der Waals surface area contributed by atoms with Gasteiger partial charge in [0.2, 0.25) is 0 Å². The van der Waals surface area contributed by atoms with E-state index in [1.807, 2.05) is 24.4 Å². The Balaban J connectivity index is 1.48. The van der Waals surface area contributed by atoms with E-state index >= 15 is 0 Å². The van der Waals surface area contributed by atoms with E-state index in [-0.39, 0.29) is 5.92 Å². The number of hydrogen-bond donors (Lipinski definition) is 1. The molecular formula is C22H22N4O2. The van der Waals surface area contributed by atoms with Crippen LogP contribution >= 0.6 is 0 Å². The zero-order chi connectivity index (χ0) is 19.3. The number of rotatable bonds is 5. The summed E-state index contributed by atoms with van der Waals surface area (Å²) in [5, 5.41) is 7.38. The molecule has 1 aromatic carbocycles. The average molecular weight is 374 g/mol. The number of pyridine rings is 1. The maximum Gasteiger partial charge on any atom is 0.295 e. The van der Waals surface area contributed by atoms with Gasteiger partial charge >= 0.3 is 0 Å². The van der Waals surface area contributed by atoms with Gasteiger partial charge in [-0.15, -0.1) is 0 Å². The highest BCUT2D eigenvalue weighted by Gasteiger charge is 2.30. The summed E-state index contributed by atoms with van der Waals surface area (Å²) in [5.74, 6) is -0.801. The largest absolute Gasteiger partial charge is 0.335 e. The van der Waals surface area contributed by atoms with Crippen LogP contribution in [0.3, 0.4) is 0 Å². The average Bonchev–Trinajstić information content (AvgIpc) is 3.22. The SMILES string of the molecule is O=C(C(=O)N1CCC[C@@H](c2[nH]ncc2Cc2ccccc2)C1)c1cccnc1. The molecule has 1 amide bonds. The molecule has 6 heteroatoms. The van der Waals surface area contributed by atoms with Gasteiger partial charge in [0.15, 0.2) is 0 Å². The first kappa shape index (κ1) is 18.1. The standard InChI is InChI=1S/C22H22N4O2/c27-21(17-8-4-10-23-13-17)22(28)26-11-5-9-18(15-26)20-19(14-24-25-20)12-16-6-2-1-3-7-16/h1-4,6-8,10,13-14,18H,5,9,11-12,15H2,(H,24,25)/t18-/m1/s1. The van der Waals surface area contributed by atoms with Gasteiger partial charge in [-0.05, 0) is 36.1 Å². The first-order valence-electron chi connectivity index (χ1n) is 9.52. The molecule has 142 valence electrons.